The van der Waals surface area contributed by atoms with Crippen LogP contribution >= 0.6 is 11.6 Å². The van der Waals surface area contributed by atoms with Crippen molar-refractivity contribution in [3.63, 3.8) is 0 Å². The molecule has 0 amide bonds. The van der Waals surface area contributed by atoms with Gasteiger partial charge in [0.25, 0.3) is 0 Å². The number of halogens is 1. The van der Waals surface area contributed by atoms with Gasteiger partial charge in [-0.1, -0.05) is 30.2 Å². The van der Waals surface area contributed by atoms with Gasteiger partial charge >= 0.3 is 0 Å². The lowest BCUT2D eigenvalue weighted by Crippen LogP contribution is -2.23. The van der Waals surface area contributed by atoms with E-state index in [1.165, 1.54) is 43.6 Å². The minimum atomic E-state index is 0.689. The monoisotopic (exact) mass is 264 g/mol. The summed E-state index contributed by atoms with van der Waals surface area (Å²) in [6.45, 7) is 3.06. The molecule has 0 aromatic heterocycles. The number of anilines is 1. The smallest absolute Gasteiger partial charge is 0.0642 e. The number of rotatable bonds is 3. The van der Waals surface area contributed by atoms with Crippen molar-refractivity contribution in [1.82, 2.24) is 0 Å². The first-order valence-corrected chi connectivity index (χ1v) is 7.40. The molecule has 1 saturated carbocycles. The van der Waals surface area contributed by atoms with Crippen molar-refractivity contribution in [3.8, 4) is 0 Å². The van der Waals surface area contributed by atoms with Gasteiger partial charge in [0.2, 0.25) is 0 Å². The van der Waals surface area contributed by atoms with Crippen LogP contribution in [0.1, 0.15) is 24.8 Å². The molecule has 2 atom stereocenters. The summed E-state index contributed by atoms with van der Waals surface area (Å²) < 4.78 is 0. The first kappa shape index (κ1) is 12.3. The summed E-state index contributed by atoms with van der Waals surface area (Å²) >= 11 is 6.42. The largest absolute Gasteiger partial charge is 0.370 e. The summed E-state index contributed by atoms with van der Waals surface area (Å²) in [6, 6.07) is 6.21. The molecule has 98 valence electrons. The van der Waals surface area contributed by atoms with E-state index in [2.05, 4.69) is 11.0 Å². The molecule has 2 N–H and O–H groups in total. The molecule has 0 radical (unpaired) electrons. The van der Waals surface area contributed by atoms with E-state index in [9.17, 15) is 0 Å². The van der Waals surface area contributed by atoms with E-state index in [1.807, 2.05) is 12.1 Å². The topological polar surface area (TPSA) is 29.3 Å². The molecule has 1 aromatic carbocycles. The van der Waals surface area contributed by atoms with E-state index in [0.717, 1.165) is 23.3 Å². The van der Waals surface area contributed by atoms with E-state index in [-0.39, 0.29) is 0 Å². The Morgan fingerprint density at radius 2 is 1.94 bits per heavy atom. The summed E-state index contributed by atoms with van der Waals surface area (Å²) in [6.07, 6.45) is 5.14. The fourth-order valence-electron chi connectivity index (χ4n) is 3.69. The molecule has 3 heteroatoms. The lowest BCUT2D eigenvalue weighted by Gasteiger charge is -2.24. The van der Waals surface area contributed by atoms with Crippen LogP contribution in [0.3, 0.4) is 0 Å². The molecule has 1 saturated heterocycles. The molecule has 18 heavy (non-hydrogen) atoms. The molecule has 1 heterocycles. The van der Waals surface area contributed by atoms with Crippen molar-refractivity contribution < 1.29 is 0 Å². The van der Waals surface area contributed by atoms with Gasteiger partial charge in [-0.25, -0.2) is 0 Å². The zero-order valence-electron chi connectivity index (χ0n) is 10.7. The van der Waals surface area contributed by atoms with Gasteiger partial charge in [0.15, 0.2) is 0 Å². The van der Waals surface area contributed by atoms with Crippen molar-refractivity contribution in [3.05, 3.63) is 28.8 Å². The van der Waals surface area contributed by atoms with Crippen LogP contribution in [0.15, 0.2) is 18.2 Å². The SMILES string of the molecule is NCCc1cccc(Cl)c1N1CC2CCCC2C1. The second-order valence-corrected chi connectivity index (χ2v) is 6.05. The maximum absolute atomic E-state index is 6.42. The molecule has 1 aromatic rings. The van der Waals surface area contributed by atoms with Crippen LogP contribution < -0.4 is 10.6 Å². The Hall–Kier alpha value is -0.730. The van der Waals surface area contributed by atoms with Crippen molar-refractivity contribution in [1.29, 1.82) is 0 Å². The van der Waals surface area contributed by atoms with Crippen LogP contribution in [0.4, 0.5) is 5.69 Å². The van der Waals surface area contributed by atoms with E-state index in [4.69, 9.17) is 17.3 Å². The van der Waals surface area contributed by atoms with Gasteiger partial charge < -0.3 is 10.6 Å². The van der Waals surface area contributed by atoms with Gasteiger partial charge in [-0.2, -0.15) is 0 Å². The summed E-state index contributed by atoms with van der Waals surface area (Å²) in [4.78, 5) is 2.50. The molecule has 2 fully saturated rings. The molecular weight excluding hydrogens is 244 g/mol. The third-order valence-electron chi connectivity index (χ3n) is 4.53. The average Bonchev–Trinajstić information content (AvgIpc) is 2.90. The highest BCUT2D eigenvalue weighted by Gasteiger charge is 2.37. The first-order valence-electron chi connectivity index (χ1n) is 7.02. The predicted octanol–water partition coefficient (Wildman–Crippen LogP) is 3.08. The Morgan fingerprint density at radius 3 is 2.61 bits per heavy atom. The van der Waals surface area contributed by atoms with Gasteiger partial charge in [0.05, 0.1) is 10.7 Å². The van der Waals surface area contributed by atoms with Gasteiger partial charge in [0.1, 0.15) is 0 Å². The highest BCUT2D eigenvalue weighted by atomic mass is 35.5. The van der Waals surface area contributed by atoms with E-state index >= 15 is 0 Å². The second kappa shape index (κ2) is 5.10. The number of nitrogens with zero attached hydrogens (tertiary/aromatic N) is 1. The molecule has 0 spiro atoms. The molecule has 2 nitrogen and oxygen atoms in total. The number of benzene rings is 1. The fourth-order valence-corrected chi connectivity index (χ4v) is 4.00. The third kappa shape index (κ3) is 2.12. The maximum atomic E-state index is 6.42. The number of nitrogens with two attached hydrogens (primary N) is 1. The van der Waals surface area contributed by atoms with E-state index < -0.39 is 0 Å². The number of hydrogen-bond donors (Lipinski definition) is 1. The lowest BCUT2D eigenvalue weighted by atomic mass is 10.0. The molecular formula is C15H21ClN2. The average molecular weight is 265 g/mol. The summed E-state index contributed by atoms with van der Waals surface area (Å²) in [7, 11) is 0. The quantitative estimate of drug-likeness (QED) is 0.909. The van der Waals surface area contributed by atoms with E-state index in [1.54, 1.807) is 0 Å². The minimum absolute atomic E-state index is 0.689. The Labute approximate surface area is 114 Å². The fraction of sp³-hybridized carbons (Fsp3) is 0.600. The summed E-state index contributed by atoms with van der Waals surface area (Å²) in [5.41, 5.74) is 8.27. The molecule has 3 rings (SSSR count). The summed E-state index contributed by atoms with van der Waals surface area (Å²) in [5, 5.41) is 0.890. The summed E-state index contributed by atoms with van der Waals surface area (Å²) in [5.74, 6) is 1.79. The zero-order chi connectivity index (χ0) is 12.5. The van der Waals surface area contributed by atoms with Crippen molar-refractivity contribution in [2.24, 2.45) is 17.6 Å². The van der Waals surface area contributed by atoms with E-state index in [0.29, 0.717) is 6.54 Å². The van der Waals surface area contributed by atoms with Gasteiger partial charge in [-0.05, 0) is 49.3 Å². The van der Waals surface area contributed by atoms with Crippen LogP contribution in [0, 0.1) is 11.8 Å². The van der Waals surface area contributed by atoms with Gasteiger partial charge in [0, 0.05) is 13.1 Å². The number of fused-ring (bicyclic) bond motifs is 1. The van der Waals surface area contributed by atoms with Crippen LogP contribution in [0.2, 0.25) is 5.02 Å². The second-order valence-electron chi connectivity index (χ2n) is 5.64. The Balaban J connectivity index is 1.87. The van der Waals surface area contributed by atoms with Crippen molar-refractivity contribution >= 4 is 17.3 Å². The van der Waals surface area contributed by atoms with Crippen molar-refractivity contribution in [2.75, 3.05) is 24.5 Å². The van der Waals surface area contributed by atoms with Crippen LogP contribution in [-0.2, 0) is 6.42 Å². The molecule has 2 unspecified atom stereocenters. The van der Waals surface area contributed by atoms with Crippen molar-refractivity contribution in [2.45, 2.75) is 25.7 Å². The Bertz CT molecular complexity index is 421. The normalized spacial score (nSPS) is 26.7. The molecule has 2 aliphatic rings. The molecule has 1 aliphatic heterocycles. The Kier molecular flexibility index (Phi) is 3.49. The lowest BCUT2D eigenvalue weighted by molar-refractivity contribution is 0.494. The van der Waals surface area contributed by atoms with Crippen LogP contribution in [-0.4, -0.2) is 19.6 Å². The van der Waals surface area contributed by atoms with Crippen LogP contribution in [0.5, 0.6) is 0 Å². The van der Waals surface area contributed by atoms with Gasteiger partial charge in [-0.15, -0.1) is 0 Å². The zero-order valence-corrected chi connectivity index (χ0v) is 11.5. The van der Waals surface area contributed by atoms with Crippen LogP contribution in [0.25, 0.3) is 0 Å². The number of hydrogen-bond acceptors (Lipinski definition) is 2. The van der Waals surface area contributed by atoms with Gasteiger partial charge in [-0.3, -0.25) is 0 Å². The molecule has 1 aliphatic carbocycles. The molecule has 0 bridgehead atoms. The highest BCUT2D eigenvalue weighted by Crippen LogP contribution is 2.42. The standard InChI is InChI=1S/C15H21ClN2/c16-14-6-2-3-11(7-8-17)15(14)18-9-12-4-1-5-13(12)10-18/h2-3,6,12-13H,1,4-5,7-10,17H2. The maximum Gasteiger partial charge on any atom is 0.0642 e. The highest BCUT2D eigenvalue weighted by molar-refractivity contribution is 6.33. The predicted molar refractivity (Wildman–Crippen MR) is 77.3 cm³/mol. The third-order valence-corrected chi connectivity index (χ3v) is 4.83. The minimum Gasteiger partial charge on any atom is -0.370 e. The Morgan fingerprint density at radius 1 is 1.22 bits per heavy atom. The number of para-hydroxylation sites is 1. The first-order chi connectivity index (χ1) is 8.79.